The van der Waals surface area contributed by atoms with E-state index in [1.54, 1.807) is 0 Å². The van der Waals surface area contributed by atoms with Gasteiger partial charge in [-0.3, -0.25) is 4.79 Å². The first kappa shape index (κ1) is 10.5. The van der Waals surface area contributed by atoms with E-state index in [-0.39, 0.29) is 5.78 Å². The zero-order valence-electron chi connectivity index (χ0n) is 9.03. The fourth-order valence-electron chi connectivity index (χ4n) is 2.31. The van der Waals surface area contributed by atoms with Crippen LogP contribution in [0.3, 0.4) is 0 Å². The summed E-state index contributed by atoms with van der Waals surface area (Å²) in [5.41, 5.74) is 2.55. The molecule has 2 aromatic rings. The van der Waals surface area contributed by atoms with Crippen LogP contribution in [0.5, 0.6) is 0 Å². The van der Waals surface area contributed by atoms with Crippen molar-refractivity contribution in [3.05, 3.63) is 53.1 Å². The Morgan fingerprint density at radius 1 is 1.12 bits per heavy atom. The molecule has 0 atom stereocenters. The van der Waals surface area contributed by atoms with Crippen LogP contribution in [0.15, 0.2) is 42.0 Å². The van der Waals surface area contributed by atoms with Crippen molar-refractivity contribution >= 4 is 34.4 Å². The highest BCUT2D eigenvalue weighted by molar-refractivity contribution is 6.23. The molecule has 2 aromatic carbocycles. The van der Waals surface area contributed by atoms with Crippen molar-refractivity contribution in [2.75, 3.05) is 6.54 Å². The Hall–Kier alpha value is -1.64. The van der Waals surface area contributed by atoms with Crippen molar-refractivity contribution < 1.29 is 4.79 Å². The molecular weight excluding hydrogens is 234 g/mol. The van der Waals surface area contributed by atoms with Crippen molar-refractivity contribution in [2.24, 2.45) is 0 Å². The third-order valence-electron chi connectivity index (χ3n) is 3.06. The number of carbonyl (C=O) groups is 1. The Morgan fingerprint density at radius 3 is 2.65 bits per heavy atom. The van der Waals surface area contributed by atoms with Gasteiger partial charge in [0, 0.05) is 23.1 Å². The molecule has 0 fully saturated rings. The van der Waals surface area contributed by atoms with Gasteiger partial charge in [-0.2, -0.15) is 0 Å². The molecule has 0 saturated heterocycles. The average Bonchev–Trinajstić information content (AvgIpc) is 2.36. The summed E-state index contributed by atoms with van der Waals surface area (Å²) in [5.74, 6) is 0.0578. The number of nitrogens with one attached hydrogen (secondary N) is 1. The van der Waals surface area contributed by atoms with Crippen LogP contribution in [0.4, 0.5) is 0 Å². The van der Waals surface area contributed by atoms with Gasteiger partial charge in [0.2, 0.25) is 0 Å². The SMILES string of the molecule is O=C1C(CNCl)=Cc2cccc3cccc1c23. The quantitative estimate of drug-likeness (QED) is 0.821. The van der Waals surface area contributed by atoms with Crippen LogP contribution in [-0.4, -0.2) is 12.3 Å². The molecule has 1 aliphatic rings. The molecule has 2 nitrogen and oxygen atoms in total. The number of benzene rings is 2. The van der Waals surface area contributed by atoms with Gasteiger partial charge >= 0.3 is 0 Å². The smallest absolute Gasteiger partial charge is 0.191 e. The predicted octanol–water partition coefficient (Wildman–Crippen LogP) is 3.16. The summed E-state index contributed by atoms with van der Waals surface area (Å²) < 4.78 is 0. The third kappa shape index (κ3) is 1.57. The summed E-state index contributed by atoms with van der Waals surface area (Å²) in [7, 11) is 0. The van der Waals surface area contributed by atoms with Crippen LogP contribution >= 0.6 is 11.8 Å². The Kier molecular flexibility index (Phi) is 2.46. The minimum atomic E-state index is 0.0578. The van der Waals surface area contributed by atoms with E-state index in [0.717, 1.165) is 21.9 Å². The van der Waals surface area contributed by atoms with Gasteiger partial charge in [0.05, 0.1) is 0 Å². The summed E-state index contributed by atoms with van der Waals surface area (Å²) in [4.78, 5) is 14.7. The van der Waals surface area contributed by atoms with Gasteiger partial charge in [-0.15, -0.1) is 0 Å². The Labute approximate surface area is 104 Å². The van der Waals surface area contributed by atoms with Crippen LogP contribution in [0.1, 0.15) is 15.9 Å². The van der Waals surface area contributed by atoms with Crippen LogP contribution in [-0.2, 0) is 0 Å². The highest BCUT2D eigenvalue weighted by atomic mass is 35.5. The lowest BCUT2D eigenvalue weighted by Gasteiger charge is -2.16. The molecule has 0 bridgehead atoms. The van der Waals surface area contributed by atoms with Crippen molar-refractivity contribution in [3.63, 3.8) is 0 Å². The number of carbonyl (C=O) groups excluding carboxylic acids is 1. The lowest BCUT2D eigenvalue weighted by atomic mass is 9.88. The molecule has 0 heterocycles. The number of Topliss-reactive ketones (excluding diaryl/α,β-unsaturated/α-hetero) is 1. The predicted molar refractivity (Wildman–Crippen MR) is 70.1 cm³/mol. The maximum atomic E-state index is 12.2. The second kappa shape index (κ2) is 3.99. The van der Waals surface area contributed by atoms with E-state index in [1.165, 1.54) is 0 Å². The van der Waals surface area contributed by atoms with Crippen LogP contribution in [0, 0.1) is 0 Å². The summed E-state index contributed by atoms with van der Waals surface area (Å²) in [6.07, 6.45) is 1.91. The standard InChI is InChI=1S/C14H10ClNO/c15-16-8-11-7-10-5-1-3-9-4-2-6-12(13(9)10)14(11)17/h1-7,16H,8H2. The van der Waals surface area contributed by atoms with Gasteiger partial charge in [0.15, 0.2) is 5.78 Å². The summed E-state index contributed by atoms with van der Waals surface area (Å²) in [6, 6.07) is 11.8. The minimum absolute atomic E-state index is 0.0578. The van der Waals surface area contributed by atoms with E-state index >= 15 is 0 Å². The molecule has 3 rings (SSSR count). The molecule has 1 N–H and O–H groups in total. The minimum Gasteiger partial charge on any atom is -0.289 e. The van der Waals surface area contributed by atoms with Gasteiger partial charge in [-0.1, -0.05) is 36.4 Å². The Bertz CT molecular complexity index is 640. The number of hydrogen-bond acceptors (Lipinski definition) is 2. The molecule has 1 aliphatic carbocycles. The van der Waals surface area contributed by atoms with Gasteiger partial charge < -0.3 is 0 Å². The van der Waals surface area contributed by atoms with E-state index in [4.69, 9.17) is 11.8 Å². The first-order valence-electron chi connectivity index (χ1n) is 5.42. The van der Waals surface area contributed by atoms with Gasteiger partial charge in [0.25, 0.3) is 0 Å². The molecule has 0 aliphatic heterocycles. The van der Waals surface area contributed by atoms with E-state index < -0.39 is 0 Å². The normalized spacial score (nSPS) is 13.9. The zero-order valence-corrected chi connectivity index (χ0v) is 9.79. The highest BCUT2D eigenvalue weighted by Crippen LogP contribution is 2.30. The third-order valence-corrected chi connectivity index (χ3v) is 3.19. The number of ketones is 1. The Morgan fingerprint density at radius 2 is 1.88 bits per heavy atom. The molecule has 0 saturated carbocycles. The van der Waals surface area contributed by atoms with Crippen molar-refractivity contribution in [3.8, 4) is 0 Å². The maximum absolute atomic E-state index is 12.2. The van der Waals surface area contributed by atoms with Crippen LogP contribution in [0.25, 0.3) is 16.8 Å². The van der Waals surface area contributed by atoms with E-state index in [0.29, 0.717) is 12.1 Å². The summed E-state index contributed by atoms with van der Waals surface area (Å²) in [6.45, 7) is 0.380. The maximum Gasteiger partial charge on any atom is 0.191 e. The molecule has 0 aromatic heterocycles. The first-order valence-corrected chi connectivity index (χ1v) is 5.79. The highest BCUT2D eigenvalue weighted by Gasteiger charge is 2.20. The van der Waals surface area contributed by atoms with Gasteiger partial charge in [0.1, 0.15) is 0 Å². The topological polar surface area (TPSA) is 29.1 Å². The fourth-order valence-corrected chi connectivity index (χ4v) is 2.45. The Balaban J connectivity index is 2.33. The fraction of sp³-hybridized carbons (Fsp3) is 0.0714. The molecule has 0 radical (unpaired) electrons. The summed E-state index contributed by atoms with van der Waals surface area (Å²) in [5, 5.41) is 2.14. The molecule has 17 heavy (non-hydrogen) atoms. The van der Waals surface area contributed by atoms with Crippen molar-refractivity contribution in [1.29, 1.82) is 0 Å². The van der Waals surface area contributed by atoms with Gasteiger partial charge in [-0.25, -0.2) is 4.84 Å². The largest absolute Gasteiger partial charge is 0.289 e. The molecule has 0 spiro atoms. The van der Waals surface area contributed by atoms with Crippen molar-refractivity contribution in [2.45, 2.75) is 0 Å². The summed E-state index contributed by atoms with van der Waals surface area (Å²) >= 11 is 5.49. The molecule has 3 heteroatoms. The molecule has 0 unspecified atom stereocenters. The lowest BCUT2D eigenvalue weighted by molar-refractivity contribution is 0.103. The average molecular weight is 244 g/mol. The van der Waals surface area contributed by atoms with Crippen molar-refractivity contribution in [1.82, 2.24) is 4.84 Å². The monoisotopic (exact) mass is 243 g/mol. The van der Waals surface area contributed by atoms with Crippen LogP contribution < -0.4 is 4.84 Å². The first-order chi connectivity index (χ1) is 8.31. The van der Waals surface area contributed by atoms with Crippen LogP contribution in [0.2, 0.25) is 0 Å². The van der Waals surface area contributed by atoms with E-state index in [1.807, 2.05) is 42.5 Å². The second-order valence-electron chi connectivity index (χ2n) is 4.06. The van der Waals surface area contributed by atoms with E-state index in [2.05, 4.69) is 4.84 Å². The number of hydrogen-bond donors (Lipinski definition) is 1. The number of rotatable bonds is 2. The molecular formula is C14H10ClNO. The second-order valence-corrected chi connectivity index (χ2v) is 4.33. The zero-order chi connectivity index (χ0) is 11.8. The molecule has 0 amide bonds. The lowest BCUT2D eigenvalue weighted by Crippen LogP contribution is -2.16. The number of halogens is 1. The molecule has 84 valence electrons. The van der Waals surface area contributed by atoms with E-state index in [9.17, 15) is 4.79 Å². The van der Waals surface area contributed by atoms with Gasteiger partial charge in [-0.05, 0) is 28.8 Å².